The Hall–Kier alpha value is -2.12. The molecule has 0 aliphatic heterocycles. The van der Waals surface area contributed by atoms with Crippen LogP contribution in [0.25, 0.3) is 0 Å². The zero-order valence-electron chi connectivity index (χ0n) is 14.0. The van der Waals surface area contributed by atoms with Gasteiger partial charge < -0.3 is 14.8 Å². The molecule has 1 aliphatic carbocycles. The molecule has 1 N–H and O–H groups in total. The van der Waals surface area contributed by atoms with Crippen LogP contribution in [0.1, 0.15) is 63.0 Å². The molecular weight excluding hydrogens is 300 g/mol. The second-order valence-electron chi connectivity index (χ2n) is 6.73. The summed E-state index contributed by atoms with van der Waals surface area (Å²) in [7, 11) is 1.31. The highest BCUT2D eigenvalue weighted by Gasteiger charge is 2.26. The molecular formula is C15H24N4O4. The van der Waals surface area contributed by atoms with Gasteiger partial charge in [-0.05, 0) is 46.5 Å². The fourth-order valence-corrected chi connectivity index (χ4v) is 2.61. The quantitative estimate of drug-likeness (QED) is 0.855. The van der Waals surface area contributed by atoms with E-state index in [9.17, 15) is 9.59 Å². The third-order valence-corrected chi connectivity index (χ3v) is 3.70. The van der Waals surface area contributed by atoms with Gasteiger partial charge in [0, 0.05) is 6.04 Å². The molecule has 0 radical (unpaired) electrons. The number of rotatable bonds is 3. The number of aromatic nitrogens is 3. The van der Waals surface area contributed by atoms with E-state index in [4.69, 9.17) is 4.74 Å². The van der Waals surface area contributed by atoms with E-state index < -0.39 is 11.6 Å². The molecule has 23 heavy (non-hydrogen) atoms. The minimum absolute atomic E-state index is 0.102. The van der Waals surface area contributed by atoms with Gasteiger partial charge in [0.1, 0.15) is 5.60 Å². The number of hydrogen-bond donors (Lipinski definition) is 1. The van der Waals surface area contributed by atoms with Gasteiger partial charge in [-0.15, -0.1) is 5.10 Å². The average molecular weight is 324 g/mol. The predicted molar refractivity (Wildman–Crippen MR) is 82.0 cm³/mol. The largest absolute Gasteiger partial charge is 0.464 e. The Labute approximate surface area is 135 Å². The summed E-state index contributed by atoms with van der Waals surface area (Å²) in [6.07, 6.45) is 4.59. The van der Waals surface area contributed by atoms with Gasteiger partial charge >= 0.3 is 12.1 Å². The van der Waals surface area contributed by atoms with Crippen LogP contribution in [0, 0.1) is 0 Å². The Kier molecular flexibility index (Phi) is 5.23. The van der Waals surface area contributed by atoms with Crippen molar-refractivity contribution in [1.29, 1.82) is 0 Å². The van der Waals surface area contributed by atoms with Crippen LogP contribution in [-0.2, 0) is 9.47 Å². The molecule has 0 atom stereocenters. The maximum Gasteiger partial charge on any atom is 0.407 e. The van der Waals surface area contributed by atoms with Crippen LogP contribution in [0.15, 0.2) is 6.20 Å². The molecule has 128 valence electrons. The Morgan fingerprint density at radius 2 is 1.91 bits per heavy atom. The molecule has 0 aromatic carbocycles. The number of esters is 1. The van der Waals surface area contributed by atoms with Crippen molar-refractivity contribution in [1.82, 2.24) is 20.3 Å². The van der Waals surface area contributed by atoms with Crippen LogP contribution in [0.5, 0.6) is 0 Å². The topological polar surface area (TPSA) is 95.3 Å². The molecule has 0 saturated heterocycles. The highest BCUT2D eigenvalue weighted by atomic mass is 16.6. The van der Waals surface area contributed by atoms with E-state index in [2.05, 4.69) is 20.4 Å². The van der Waals surface area contributed by atoms with Gasteiger partial charge in [0.15, 0.2) is 5.69 Å². The molecule has 1 aliphatic rings. The number of hydrogen-bond acceptors (Lipinski definition) is 6. The van der Waals surface area contributed by atoms with E-state index in [1.165, 1.54) is 7.11 Å². The molecule has 1 saturated carbocycles. The van der Waals surface area contributed by atoms with Gasteiger partial charge in [0.05, 0.1) is 19.3 Å². The van der Waals surface area contributed by atoms with Crippen molar-refractivity contribution < 1.29 is 19.1 Å². The molecule has 1 aromatic rings. The van der Waals surface area contributed by atoms with E-state index in [-0.39, 0.29) is 23.9 Å². The fraction of sp³-hybridized carbons (Fsp3) is 0.733. The number of alkyl carbamates (subject to hydrolysis) is 1. The first-order valence-electron chi connectivity index (χ1n) is 7.78. The number of nitrogens with zero attached hydrogens (tertiary/aromatic N) is 3. The average Bonchev–Trinajstić information content (AvgIpc) is 2.95. The van der Waals surface area contributed by atoms with Crippen molar-refractivity contribution >= 4 is 12.1 Å². The first-order chi connectivity index (χ1) is 10.8. The molecule has 1 heterocycles. The molecule has 1 aromatic heterocycles. The summed E-state index contributed by atoms with van der Waals surface area (Å²) >= 11 is 0. The summed E-state index contributed by atoms with van der Waals surface area (Å²) in [6.45, 7) is 5.52. The normalized spacial score (nSPS) is 21.6. The van der Waals surface area contributed by atoms with Gasteiger partial charge in [0.25, 0.3) is 0 Å². The first kappa shape index (κ1) is 17.2. The summed E-state index contributed by atoms with van der Waals surface area (Å²) in [6, 6.07) is 0.280. The molecule has 0 spiro atoms. The third kappa shape index (κ3) is 4.94. The second-order valence-corrected chi connectivity index (χ2v) is 6.73. The van der Waals surface area contributed by atoms with Crippen molar-refractivity contribution in [2.24, 2.45) is 0 Å². The van der Waals surface area contributed by atoms with Crippen LogP contribution in [0.3, 0.4) is 0 Å². The summed E-state index contributed by atoms with van der Waals surface area (Å²) < 4.78 is 11.6. The summed E-state index contributed by atoms with van der Waals surface area (Å²) in [4.78, 5) is 23.2. The number of carbonyl (C=O) groups is 2. The smallest absolute Gasteiger partial charge is 0.407 e. The maximum atomic E-state index is 11.8. The minimum Gasteiger partial charge on any atom is -0.464 e. The molecule has 1 amide bonds. The van der Waals surface area contributed by atoms with Crippen molar-refractivity contribution in [2.75, 3.05) is 7.11 Å². The lowest BCUT2D eigenvalue weighted by atomic mass is 9.91. The van der Waals surface area contributed by atoms with E-state index in [1.807, 2.05) is 20.8 Å². The van der Waals surface area contributed by atoms with Gasteiger partial charge in [-0.1, -0.05) is 5.21 Å². The van der Waals surface area contributed by atoms with Gasteiger partial charge in [0.2, 0.25) is 0 Å². The summed E-state index contributed by atoms with van der Waals surface area (Å²) in [5, 5.41) is 10.7. The molecule has 0 bridgehead atoms. The molecule has 0 unspecified atom stereocenters. The predicted octanol–water partition coefficient (Wildman–Crippen LogP) is 2.07. The highest BCUT2D eigenvalue weighted by molar-refractivity contribution is 5.86. The van der Waals surface area contributed by atoms with Crippen molar-refractivity contribution in [3.8, 4) is 0 Å². The molecule has 8 heteroatoms. The van der Waals surface area contributed by atoms with E-state index >= 15 is 0 Å². The Balaban J connectivity index is 1.83. The van der Waals surface area contributed by atoms with Gasteiger partial charge in [-0.2, -0.15) is 0 Å². The lowest BCUT2D eigenvalue weighted by molar-refractivity contribution is 0.0486. The second kappa shape index (κ2) is 6.97. The lowest BCUT2D eigenvalue weighted by Crippen LogP contribution is -2.41. The number of carbonyl (C=O) groups excluding carboxylic acids is 2. The summed E-state index contributed by atoms with van der Waals surface area (Å²) in [5.74, 6) is -0.489. The van der Waals surface area contributed by atoms with Crippen LogP contribution < -0.4 is 5.32 Å². The van der Waals surface area contributed by atoms with Crippen molar-refractivity contribution in [2.45, 2.75) is 64.1 Å². The Morgan fingerprint density at radius 3 is 2.48 bits per heavy atom. The Morgan fingerprint density at radius 1 is 1.26 bits per heavy atom. The SMILES string of the molecule is COC(=O)c1cn([C@H]2CC[C@@H](NC(=O)OC(C)(C)C)CC2)nn1. The first-order valence-corrected chi connectivity index (χ1v) is 7.78. The standard InChI is InChI=1S/C15H24N4O4/c1-15(2,3)23-14(21)16-10-5-7-11(8-6-10)19-9-12(17-18-19)13(20)22-4/h9-11H,5-8H2,1-4H3,(H,16,21)/t10-,11+. The molecule has 2 rings (SSSR count). The van der Waals surface area contributed by atoms with E-state index in [1.54, 1.807) is 10.9 Å². The molecule has 8 nitrogen and oxygen atoms in total. The zero-order valence-corrected chi connectivity index (χ0v) is 14.0. The van der Waals surface area contributed by atoms with Gasteiger partial charge in [-0.3, -0.25) is 0 Å². The zero-order chi connectivity index (χ0) is 17.0. The third-order valence-electron chi connectivity index (χ3n) is 3.70. The number of nitrogens with one attached hydrogen (secondary N) is 1. The fourth-order valence-electron chi connectivity index (χ4n) is 2.61. The van der Waals surface area contributed by atoms with Crippen LogP contribution in [-0.4, -0.2) is 45.8 Å². The molecule has 1 fully saturated rings. The van der Waals surface area contributed by atoms with Crippen LogP contribution in [0.4, 0.5) is 4.79 Å². The highest BCUT2D eigenvalue weighted by Crippen LogP contribution is 2.28. The number of methoxy groups -OCH3 is 1. The number of ether oxygens (including phenoxy) is 2. The summed E-state index contributed by atoms with van der Waals surface area (Å²) in [5.41, 5.74) is -0.284. The minimum atomic E-state index is -0.494. The number of amides is 1. The van der Waals surface area contributed by atoms with E-state index in [0.717, 1.165) is 25.7 Å². The van der Waals surface area contributed by atoms with Crippen LogP contribution in [0.2, 0.25) is 0 Å². The Bertz CT molecular complexity index is 556. The van der Waals surface area contributed by atoms with Gasteiger partial charge in [-0.25, -0.2) is 14.3 Å². The van der Waals surface area contributed by atoms with Crippen molar-refractivity contribution in [3.63, 3.8) is 0 Å². The van der Waals surface area contributed by atoms with E-state index in [0.29, 0.717) is 0 Å². The lowest BCUT2D eigenvalue weighted by Gasteiger charge is -2.29. The van der Waals surface area contributed by atoms with Crippen LogP contribution >= 0.6 is 0 Å². The van der Waals surface area contributed by atoms with Crippen molar-refractivity contribution in [3.05, 3.63) is 11.9 Å². The maximum absolute atomic E-state index is 11.8. The monoisotopic (exact) mass is 324 g/mol.